The molecule has 5 aromatic heterocycles. The molecule has 0 spiro atoms. The molecule has 5 heterocycles. The van der Waals surface area contributed by atoms with Gasteiger partial charge in [-0.05, 0) is 97.1 Å². The van der Waals surface area contributed by atoms with Crippen LogP contribution in [0.25, 0.3) is 99.1 Å². The molecule has 8 heteroatoms. The Kier molecular flexibility index (Phi) is 5.51. The van der Waals surface area contributed by atoms with Gasteiger partial charge >= 0.3 is 0 Å². The largest absolute Gasteiger partial charge is 0.309 e. The first-order chi connectivity index (χ1) is 24.8. The zero-order valence-corrected chi connectivity index (χ0v) is 26.4. The Hall–Kier alpha value is -7.06. The first-order valence-electron chi connectivity index (χ1n) is 16.4. The van der Waals surface area contributed by atoms with E-state index in [0.717, 1.165) is 76.5 Å². The zero-order chi connectivity index (χ0) is 32.8. The van der Waals surface area contributed by atoms with Crippen molar-refractivity contribution in [3.8, 4) is 11.4 Å². The predicted molar refractivity (Wildman–Crippen MR) is 201 cm³/mol. The van der Waals surface area contributed by atoms with Gasteiger partial charge in [-0.25, -0.2) is 29.9 Å². The second kappa shape index (κ2) is 10.2. The minimum Gasteiger partial charge on any atom is -0.309 e. The maximum Gasteiger partial charge on any atom is 0.163 e. The summed E-state index contributed by atoms with van der Waals surface area (Å²) in [5.41, 5.74) is 8.98. The number of hydrogen-bond donors (Lipinski definition) is 0. The molecule has 0 aliphatic rings. The van der Waals surface area contributed by atoms with E-state index in [4.69, 9.17) is 9.97 Å². The van der Waals surface area contributed by atoms with Crippen LogP contribution in [0.15, 0.2) is 146 Å². The van der Waals surface area contributed by atoms with Gasteiger partial charge in [-0.2, -0.15) is 0 Å². The highest BCUT2D eigenvalue weighted by molar-refractivity contribution is 6.15. The number of nitrogens with zero attached hydrogens (tertiary/aromatic N) is 8. The highest BCUT2D eigenvalue weighted by Crippen LogP contribution is 2.36. The summed E-state index contributed by atoms with van der Waals surface area (Å²) in [6.07, 6.45) is 3.22. The molecule has 0 saturated heterocycles. The van der Waals surface area contributed by atoms with Crippen molar-refractivity contribution in [1.29, 1.82) is 0 Å². The molecule has 0 unspecified atom stereocenters. The second-order valence-electron chi connectivity index (χ2n) is 12.5. The molecule has 6 aromatic carbocycles. The number of benzene rings is 6. The third-order valence-electron chi connectivity index (χ3n) is 9.74. The van der Waals surface area contributed by atoms with Gasteiger partial charge < -0.3 is 9.13 Å². The van der Waals surface area contributed by atoms with Crippen LogP contribution in [-0.4, -0.2) is 39.0 Å². The average molecular weight is 641 g/mol. The maximum atomic E-state index is 5.03. The van der Waals surface area contributed by atoms with E-state index in [0.29, 0.717) is 22.6 Å². The van der Waals surface area contributed by atoms with E-state index >= 15 is 0 Å². The quantitative estimate of drug-likeness (QED) is 0.187. The molecule has 0 fully saturated rings. The highest BCUT2D eigenvalue weighted by Gasteiger charge is 2.16. The number of aromatic nitrogens is 8. The number of para-hydroxylation sites is 2. The maximum absolute atomic E-state index is 5.03. The van der Waals surface area contributed by atoms with Gasteiger partial charge in [0.15, 0.2) is 22.6 Å². The van der Waals surface area contributed by atoms with E-state index < -0.39 is 0 Å². The lowest BCUT2D eigenvalue weighted by molar-refractivity contribution is 1.17. The third-order valence-corrected chi connectivity index (χ3v) is 9.74. The van der Waals surface area contributed by atoms with Crippen LogP contribution in [0.4, 0.5) is 0 Å². The molecular formula is C42H24N8. The Morgan fingerprint density at radius 1 is 0.320 bits per heavy atom. The fourth-order valence-corrected chi connectivity index (χ4v) is 7.46. The van der Waals surface area contributed by atoms with Crippen LogP contribution in [0.1, 0.15) is 0 Å². The van der Waals surface area contributed by atoms with Gasteiger partial charge in [-0.15, -0.1) is 0 Å². The van der Waals surface area contributed by atoms with Crippen LogP contribution < -0.4 is 0 Å². The van der Waals surface area contributed by atoms with Crippen molar-refractivity contribution >= 4 is 87.7 Å². The summed E-state index contributed by atoms with van der Waals surface area (Å²) >= 11 is 0. The SMILES string of the molecule is c1ccc(-n2c3ccc4cc3c3cc(ccc32)c2ncnc(n2)c2ccc3c(c2)c2cc(ccc2n3-c2ccccc2)c2ncnc4n2)cc1. The molecule has 0 aliphatic heterocycles. The molecule has 12 bridgehead atoms. The molecule has 0 atom stereocenters. The van der Waals surface area contributed by atoms with Gasteiger partial charge in [0.25, 0.3) is 0 Å². The smallest absolute Gasteiger partial charge is 0.163 e. The van der Waals surface area contributed by atoms with Crippen LogP contribution in [0.3, 0.4) is 0 Å². The zero-order valence-electron chi connectivity index (χ0n) is 26.4. The van der Waals surface area contributed by atoms with Gasteiger partial charge in [0.1, 0.15) is 12.7 Å². The fourth-order valence-electron chi connectivity index (χ4n) is 7.46. The number of rotatable bonds is 2. The van der Waals surface area contributed by atoms with Crippen molar-refractivity contribution < 1.29 is 0 Å². The summed E-state index contributed by atoms with van der Waals surface area (Å²) in [5.74, 6) is 0. The molecular weight excluding hydrogens is 617 g/mol. The molecule has 11 rings (SSSR count). The average Bonchev–Trinajstić information content (AvgIpc) is 3.69. The second-order valence-corrected chi connectivity index (χ2v) is 12.5. The van der Waals surface area contributed by atoms with Gasteiger partial charge in [-0.3, -0.25) is 0 Å². The van der Waals surface area contributed by atoms with E-state index in [1.807, 2.05) is 12.1 Å². The van der Waals surface area contributed by atoms with E-state index in [1.165, 1.54) is 0 Å². The van der Waals surface area contributed by atoms with Gasteiger partial charge in [0.2, 0.25) is 0 Å². The van der Waals surface area contributed by atoms with Crippen LogP contribution in [-0.2, 0) is 0 Å². The standard InChI is InChI=1S/C42H24N8/c1-3-7-29(8-4-1)49-35-15-11-25-19-31(35)32-20-26(12-16-36(32)49)40-44-24-46-42(48-40)28-14-18-38-34(22-28)33-21-27(41-45-23-43-39(25)47-41)13-17-37(33)50(38)30-9-5-2-6-10-30/h1-24H. The lowest BCUT2D eigenvalue weighted by Crippen LogP contribution is -1.93. The van der Waals surface area contributed by atoms with Crippen LogP contribution in [0.2, 0.25) is 0 Å². The summed E-state index contributed by atoms with van der Waals surface area (Å²) in [4.78, 5) is 28.7. The van der Waals surface area contributed by atoms with E-state index in [-0.39, 0.29) is 0 Å². The van der Waals surface area contributed by atoms with Gasteiger partial charge in [-0.1, -0.05) is 36.4 Å². The Morgan fingerprint density at radius 3 is 0.920 bits per heavy atom. The first kappa shape index (κ1) is 26.9. The van der Waals surface area contributed by atoms with E-state index in [2.05, 4.69) is 150 Å². The highest BCUT2D eigenvalue weighted by atomic mass is 15.0. The Bertz CT molecular complexity index is 2820. The van der Waals surface area contributed by atoms with Crippen molar-refractivity contribution in [2.45, 2.75) is 0 Å². The Balaban J connectivity index is 1.33. The van der Waals surface area contributed by atoms with Crippen LogP contribution in [0, 0.1) is 0 Å². The monoisotopic (exact) mass is 640 g/mol. The minimum absolute atomic E-state index is 0.617. The topological polar surface area (TPSA) is 87.2 Å². The summed E-state index contributed by atoms with van der Waals surface area (Å²) in [7, 11) is 0. The Morgan fingerprint density at radius 2 is 0.620 bits per heavy atom. The van der Waals surface area contributed by atoms with Crippen LogP contribution in [0.5, 0.6) is 0 Å². The molecule has 0 saturated carbocycles. The van der Waals surface area contributed by atoms with Crippen molar-refractivity contribution in [2.75, 3.05) is 0 Å². The normalized spacial score (nSPS) is 12.0. The Labute approximate surface area is 283 Å². The molecule has 50 heavy (non-hydrogen) atoms. The minimum atomic E-state index is 0.617. The number of hydrogen-bond acceptors (Lipinski definition) is 6. The first-order valence-corrected chi connectivity index (χ1v) is 16.4. The summed E-state index contributed by atoms with van der Waals surface area (Å²) in [6.45, 7) is 0. The summed E-state index contributed by atoms with van der Waals surface area (Å²) in [6, 6.07) is 46.6. The molecule has 8 nitrogen and oxygen atoms in total. The van der Waals surface area contributed by atoms with Crippen molar-refractivity contribution in [1.82, 2.24) is 39.0 Å². The number of fused-ring (bicyclic) bond motifs is 12. The van der Waals surface area contributed by atoms with E-state index in [1.54, 1.807) is 12.7 Å². The van der Waals surface area contributed by atoms with Crippen LogP contribution >= 0.6 is 0 Å². The third kappa shape index (κ3) is 3.93. The van der Waals surface area contributed by atoms with Gasteiger partial charge in [0.05, 0.1) is 22.1 Å². The van der Waals surface area contributed by atoms with Gasteiger partial charge in [0, 0.05) is 54.5 Å². The molecule has 0 amide bonds. The lowest BCUT2D eigenvalue weighted by atomic mass is 10.1. The van der Waals surface area contributed by atoms with Crippen molar-refractivity contribution in [3.63, 3.8) is 0 Å². The predicted octanol–water partition coefficient (Wildman–Crippen LogP) is 9.43. The fraction of sp³-hybridized carbons (Fsp3) is 0. The molecule has 11 aromatic rings. The summed E-state index contributed by atoms with van der Waals surface area (Å²) in [5, 5.41) is 7.97. The summed E-state index contributed by atoms with van der Waals surface area (Å²) < 4.78 is 4.59. The molecule has 232 valence electrons. The lowest BCUT2D eigenvalue weighted by Gasteiger charge is -2.07. The van der Waals surface area contributed by atoms with Crippen molar-refractivity contribution in [2.24, 2.45) is 0 Å². The van der Waals surface area contributed by atoms with Crippen molar-refractivity contribution in [3.05, 3.63) is 146 Å². The van der Waals surface area contributed by atoms with E-state index in [9.17, 15) is 0 Å². The molecule has 0 radical (unpaired) electrons. The molecule has 0 N–H and O–H groups in total. The molecule has 0 aliphatic carbocycles.